The third kappa shape index (κ3) is 2.36. The number of likely N-dealkylation sites (N-methyl/N-ethyl adjacent to an activating group) is 1. The van der Waals surface area contributed by atoms with Crippen LogP contribution in [-0.4, -0.2) is 38.6 Å². The van der Waals surface area contributed by atoms with Crippen LogP contribution in [0.5, 0.6) is 0 Å². The molecule has 1 unspecified atom stereocenters. The Hall–Kier alpha value is -3.45. The fourth-order valence-corrected chi connectivity index (χ4v) is 3.87. The van der Waals surface area contributed by atoms with Crippen molar-refractivity contribution in [3.05, 3.63) is 78.0 Å². The van der Waals surface area contributed by atoms with Crippen molar-refractivity contribution in [2.45, 2.75) is 19.0 Å². The van der Waals surface area contributed by atoms with Gasteiger partial charge in [0.05, 0.1) is 5.69 Å². The van der Waals surface area contributed by atoms with Crippen molar-refractivity contribution in [3.8, 4) is 11.3 Å². The molecule has 3 aromatic rings. The zero-order valence-electron chi connectivity index (χ0n) is 15.8. The number of nitrogens with two attached hydrogens (primary N) is 1. The molecule has 4 rings (SSSR count). The van der Waals surface area contributed by atoms with Crippen molar-refractivity contribution in [3.63, 3.8) is 0 Å². The van der Waals surface area contributed by atoms with Crippen LogP contribution in [0.1, 0.15) is 18.1 Å². The first kappa shape index (κ1) is 17.9. The molecule has 1 fully saturated rings. The van der Waals surface area contributed by atoms with Gasteiger partial charge in [-0.3, -0.25) is 24.8 Å². The highest BCUT2D eigenvalue weighted by atomic mass is 16.2. The first-order chi connectivity index (χ1) is 13.5. The summed E-state index contributed by atoms with van der Waals surface area (Å²) < 4.78 is 1.90. The van der Waals surface area contributed by atoms with Crippen molar-refractivity contribution < 1.29 is 4.79 Å². The van der Waals surface area contributed by atoms with Crippen LogP contribution in [0.15, 0.2) is 66.9 Å². The molecule has 28 heavy (non-hydrogen) atoms. The predicted molar refractivity (Wildman–Crippen MR) is 107 cm³/mol. The molecular weight excluding hydrogens is 352 g/mol. The Kier molecular flexibility index (Phi) is 4.24. The van der Waals surface area contributed by atoms with Gasteiger partial charge in [0, 0.05) is 25.4 Å². The summed E-state index contributed by atoms with van der Waals surface area (Å²) in [7, 11) is 1.57. The Labute approximate surface area is 163 Å². The van der Waals surface area contributed by atoms with E-state index in [0.717, 1.165) is 23.4 Å². The average Bonchev–Trinajstić information content (AvgIpc) is 3.28. The largest absolute Gasteiger partial charge is 0.282 e. The van der Waals surface area contributed by atoms with E-state index in [1.807, 2.05) is 72.3 Å². The Bertz CT molecular complexity index is 1040. The number of nitrogens with one attached hydrogen (secondary N) is 1. The van der Waals surface area contributed by atoms with E-state index in [4.69, 9.17) is 11.3 Å². The van der Waals surface area contributed by atoms with Gasteiger partial charge in [-0.15, -0.1) is 0 Å². The summed E-state index contributed by atoms with van der Waals surface area (Å²) >= 11 is 0. The van der Waals surface area contributed by atoms with Gasteiger partial charge < -0.3 is 0 Å². The SMILES string of the molecule is CCn1nccc1-c1cccc(C2(c3ccccc3)C(=O)N(C)C(=N)N2N)c1. The number of amides is 1. The summed E-state index contributed by atoms with van der Waals surface area (Å²) in [6.45, 7) is 2.77. The minimum Gasteiger partial charge on any atom is -0.282 e. The van der Waals surface area contributed by atoms with E-state index in [2.05, 4.69) is 5.10 Å². The lowest BCUT2D eigenvalue weighted by molar-refractivity contribution is -0.131. The molecule has 0 bridgehead atoms. The van der Waals surface area contributed by atoms with Gasteiger partial charge in [-0.05, 0) is 30.2 Å². The molecule has 3 N–H and O–H groups in total. The van der Waals surface area contributed by atoms with Gasteiger partial charge in [0.2, 0.25) is 5.96 Å². The maximum absolute atomic E-state index is 13.4. The smallest absolute Gasteiger partial charge is 0.265 e. The van der Waals surface area contributed by atoms with E-state index in [0.29, 0.717) is 5.56 Å². The Morgan fingerprint density at radius 3 is 2.43 bits per heavy atom. The molecule has 1 aliphatic heterocycles. The minimum absolute atomic E-state index is 0.0437. The lowest BCUT2D eigenvalue weighted by Crippen LogP contribution is -2.51. The monoisotopic (exact) mass is 374 g/mol. The first-order valence-corrected chi connectivity index (χ1v) is 9.11. The normalized spacial score (nSPS) is 19.5. The Balaban J connectivity index is 1.96. The molecule has 142 valence electrons. The molecule has 0 saturated carbocycles. The van der Waals surface area contributed by atoms with Crippen molar-refractivity contribution in [1.29, 1.82) is 5.41 Å². The van der Waals surface area contributed by atoms with Gasteiger partial charge >= 0.3 is 0 Å². The highest BCUT2D eigenvalue weighted by Gasteiger charge is 2.56. The summed E-state index contributed by atoms with van der Waals surface area (Å²) in [6, 6.07) is 19.1. The van der Waals surface area contributed by atoms with Gasteiger partial charge in [0.15, 0.2) is 5.54 Å². The molecule has 1 saturated heterocycles. The zero-order valence-corrected chi connectivity index (χ0v) is 15.8. The number of carbonyl (C=O) groups is 1. The quantitative estimate of drug-likeness (QED) is 0.686. The van der Waals surface area contributed by atoms with Crippen LogP contribution in [0.3, 0.4) is 0 Å². The van der Waals surface area contributed by atoms with Gasteiger partial charge in [-0.1, -0.05) is 48.5 Å². The van der Waals surface area contributed by atoms with Gasteiger partial charge in [-0.2, -0.15) is 5.10 Å². The Morgan fingerprint density at radius 2 is 1.79 bits per heavy atom. The van der Waals surface area contributed by atoms with Crippen LogP contribution in [0, 0.1) is 5.41 Å². The topological polar surface area (TPSA) is 91.2 Å². The van der Waals surface area contributed by atoms with E-state index < -0.39 is 5.54 Å². The van der Waals surface area contributed by atoms with Gasteiger partial charge in [0.1, 0.15) is 0 Å². The van der Waals surface area contributed by atoms with Crippen LogP contribution in [0.4, 0.5) is 0 Å². The number of hydrogen-bond donors (Lipinski definition) is 2. The molecule has 7 nitrogen and oxygen atoms in total. The summed E-state index contributed by atoms with van der Waals surface area (Å²) in [4.78, 5) is 14.7. The average molecular weight is 374 g/mol. The summed E-state index contributed by atoms with van der Waals surface area (Å²) in [5.74, 6) is 6.06. The molecule has 2 aromatic carbocycles. The van der Waals surface area contributed by atoms with Crippen LogP contribution >= 0.6 is 0 Å². The van der Waals surface area contributed by atoms with Crippen LogP contribution in [-0.2, 0) is 16.9 Å². The second-order valence-electron chi connectivity index (χ2n) is 6.75. The molecule has 0 aliphatic carbocycles. The van der Waals surface area contributed by atoms with E-state index in [9.17, 15) is 4.79 Å². The molecule has 1 amide bonds. The fraction of sp³-hybridized carbons (Fsp3) is 0.190. The number of carbonyl (C=O) groups excluding carboxylic acids is 1. The molecule has 7 heteroatoms. The van der Waals surface area contributed by atoms with E-state index in [1.165, 1.54) is 9.91 Å². The number of rotatable bonds is 4. The molecule has 1 aromatic heterocycles. The number of nitrogens with zero attached hydrogens (tertiary/aromatic N) is 4. The molecule has 0 spiro atoms. The van der Waals surface area contributed by atoms with E-state index >= 15 is 0 Å². The highest BCUT2D eigenvalue weighted by molar-refractivity contribution is 6.09. The fourth-order valence-electron chi connectivity index (χ4n) is 3.87. The number of aromatic nitrogens is 2. The number of aryl methyl sites for hydroxylation is 1. The number of hydrazine groups is 1. The van der Waals surface area contributed by atoms with E-state index in [1.54, 1.807) is 13.2 Å². The summed E-state index contributed by atoms with van der Waals surface area (Å²) in [5.41, 5.74) is 2.04. The maximum atomic E-state index is 13.4. The third-order valence-electron chi connectivity index (χ3n) is 5.31. The van der Waals surface area contributed by atoms with Crippen molar-refractivity contribution in [2.24, 2.45) is 5.84 Å². The van der Waals surface area contributed by atoms with Crippen molar-refractivity contribution in [1.82, 2.24) is 19.7 Å². The third-order valence-corrected chi connectivity index (χ3v) is 5.31. The van der Waals surface area contributed by atoms with Crippen LogP contribution < -0.4 is 5.84 Å². The summed E-state index contributed by atoms with van der Waals surface area (Å²) in [6.07, 6.45) is 1.76. The predicted octanol–water partition coefficient (Wildman–Crippen LogP) is 2.40. The molecule has 0 radical (unpaired) electrons. The standard InChI is InChI=1S/C21H22N6O/c1-3-26-18(12-13-24-26)15-8-7-11-17(14-15)21(16-9-5-4-6-10-16)19(28)25(2)20(22)27(21)23/h4-14,22H,3,23H2,1-2H3. The maximum Gasteiger partial charge on any atom is 0.265 e. The molecule has 1 atom stereocenters. The number of hydrogen-bond acceptors (Lipinski definition) is 4. The first-order valence-electron chi connectivity index (χ1n) is 9.11. The molecular formula is C21H22N6O. The molecule has 1 aliphatic rings. The van der Waals surface area contributed by atoms with Gasteiger partial charge in [-0.25, -0.2) is 5.84 Å². The van der Waals surface area contributed by atoms with E-state index in [-0.39, 0.29) is 11.9 Å². The zero-order chi connectivity index (χ0) is 19.9. The highest BCUT2D eigenvalue weighted by Crippen LogP contribution is 2.41. The molecule has 2 heterocycles. The Morgan fingerprint density at radius 1 is 1.07 bits per heavy atom. The van der Waals surface area contributed by atoms with Crippen molar-refractivity contribution >= 4 is 11.9 Å². The lowest BCUT2D eigenvalue weighted by atomic mass is 9.81. The van der Waals surface area contributed by atoms with Crippen LogP contribution in [0.25, 0.3) is 11.3 Å². The number of guanidine groups is 1. The minimum atomic E-state index is -1.29. The number of benzene rings is 2. The van der Waals surface area contributed by atoms with Gasteiger partial charge in [0.25, 0.3) is 5.91 Å². The van der Waals surface area contributed by atoms with Crippen LogP contribution in [0.2, 0.25) is 0 Å². The second-order valence-corrected chi connectivity index (χ2v) is 6.75. The van der Waals surface area contributed by atoms with Crippen molar-refractivity contribution in [2.75, 3.05) is 7.05 Å². The second kappa shape index (κ2) is 6.61. The lowest BCUT2D eigenvalue weighted by Gasteiger charge is -2.34. The summed E-state index contributed by atoms with van der Waals surface area (Å²) in [5, 5.41) is 13.9.